The summed E-state index contributed by atoms with van der Waals surface area (Å²) in [5.74, 6) is 1.11. The highest BCUT2D eigenvalue weighted by Crippen LogP contribution is 2.21. The second-order valence-corrected chi connectivity index (χ2v) is 5.29. The number of hydrogen-bond donors (Lipinski definition) is 0. The summed E-state index contributed by atoms with van der Waals surface area (Å²) in [7, 11) is 1.54. The summed E-state index contributed by atoms with van der Waals surface area (Å²) in [6, 6.07) is 3.43. The summed E-state index contributed by atoms with van der Waals surface area (Å²) in [5, 5.41) is 7.80. The van der Waals surface area contributed by atoms with Crippen LogP contribution in [0, 0.1) is 5.92 Å². The monoisotopic (exact) mass is 293 g/mol. The lowest BCUT2D eigenvalue weighted by Crippen LogP contribution is -2.36. The molecule has 0 saturated carbocycles. The van der Waals surface area contributed by atoms with Crippen LogP contribution in [0.25, 0.3) is 0 Å². The smallest absolute Gasteiger partial charge is 0.233 e. The molecule has 2 fully saturated rings. The van der Waals surface area contributed by atoms with Crippen molar-refractivity contribution in [3.05, 3.63) is 12.1 Å². The highest BCUT2D eigenvalue weighted by molar-refractivity contribution is 5.79. The van der Waals surface area contributed by atoms with E-state index in [1.54, 1.807) is 12.1 Å². The van der Waals surface area contributed by atoms with Gasteiger partial charge in [-0.05, 0) is 6.42 Å². The van der Waals surface area contributed by atoms with Crippen molar-refractivity contribution in [2.75, 3.05) is 33.4 Å². The van der Waals surface area contributed by atoms with Crippen LogP contribution in [0.2, 0.25) is 0 Å². The van der Waals surface area contributed by atoms with E-state index in [1.807, 2.05) is 4.90 Å². The summed E-state index contributed by atoms with van der Waals surface area (Å²) in [6.07, 6.45) is 1.61. The molecule has 0 spiro atoms. The van der Waals surface area contributed by atoms with Crippen LogP contribution in [0.15, 0.2) is 12.1 Å². The van der Waals surface area contributed by atoms with Gasteiger partial charge in [-0.15, -0.1) is 10.2 Å². The molecule has 2 saturated heterocycles. The van der Waals surface area contributed by atoms with Crippen molar-refractivity contribution in [1.82, 2.24) is 15.1 Å². The quantitative estimate of drug-likeness (QED) is 0.805. The van der Waals surface area contributed by atoms with E-state index in [-0.39, 0.29) is 17.9 Å². The molecular formula is C14H19N3O4. The minimum atomic E-state index is -0.0287. The first-order valence-corrected chi connectivity index (χ1v) is 7.17. The fourth-order valence-corrected chi connectivity index (χ4v) is 2.66. The van der Waals surface area contributed by atoms with Gasteiger partial charge in [0.05, 0.1) is 26.2 Å². The lowest BCUT2D eigenvalue weighted by Gasteiger charge is -2.19. The molecule has 3 rings (SSSR count). The van der Waals surface area contributed by atoms with Crippen molar-refractivity contribution < 1.29 is 19.0 Å². The van der Waals surface area contributed by atoms with Gasteiger partial charge in [0.25, 0.3) is 0 Å². The van der Waals surface area contributed by atoms with E-state index >= 15 is 0 Å². The Hall–Kier alpha value is -1.89. The highest BCUT2D eigenvalue weighted by atomic mass is 16.5. The first kappa shape index (κ1) is 14.1. The van der Waals surface area contributed by atoms with Crippen LogP contribution in [-0.2, 0) is 9.53 Å². The van der Waals surface area contributed by atoms with Crippen molar-refractivity contribution >= 4 is 5.91 Å². The molecule has 2 atom stereocenters. The van der Waals surface area contributed by atoms with Crippen molar-refractivity contribution in [1.29, 1.82) is 0 Å². The van der Waals surface area contributed by atoms with E-state index in [4.69, 9.17) is 14.2 Å². The van der Waals surface area contributed by atoms with Gasteiger partial charge in [0.1, 0.15) is 6.10 Å². The molecule has 2 aliphatic rings. The van der Waals surface area contributed by atoms with Crippen molar-refractivity contribution in [2.45, 2.75) is 18.9 Å². The molecule has 0 N–H and O–H groups in total. The van der Waals surface area contributed by atoms with Gasteiger partial charge in [-0.2, -0.15) is 0 Å². The van der Waals surface area contributed by atoms with E-state index in [0.29, 0.717) is 31.5 Å². The predicted octanol–water partition coefficient (Wildman–Crippen LogP) is 0.501. The van der Waals surface area contributed by atoms with Crippen LogP contribution in [0.3, 0.4) is 0 Å². The maximum atomic E-state index is 12.3. The Bertz CT molecular complexity index is 487. The fraction of sp³-hybridized carbons (Fsp3) is 0.643. The molecule has 21 heavy (non-hydrogen) atoms. The number of rotatable bonds is 4. The van der Waals surface area contributed by atoms with E-state index in [0.717, 1.165) is 19.4 Å². The normalized spacial score (nSPS) is 25.1. The average molecular weight is 293 g/mol. The molecule has 0 unspecified atom stereocenters. The standard InChI is InChI=1S/C14H19N3O4/c1-19-12-2-3-13(16-15-12)21-11-4-6-17(8-11)14(18)10-5-7-20-9-10/h2-3,10-11H,4-9H2,1H3/t10-,11-/m1/s1. The summed E-state index contributed by atoms with van der Waals surface area (Å²) >= 11 is 0. The maximum absolute atomic E-state index is 12.3. The number of methoxy groups -OCH3 is 1. The van der Waals surface area contributed by atoms with Gasteiger partial charge in [0.15, 0.2) is 0 Å². The number of nitrogens with zero attached hydrogens (tertiary/aromatic N) is 3. The number of carbonyl (C=O) groups is 1. The Morgan fingerprint density at radius 2 is 2.14 bits per heavy atom. The van der Waals surface area contributed by atoms with Crippen LogP contribution in [0.5, 0.6) is 11.8 Å². The molecule has 0 radical (unpaired) electrons. The second-order valence-electron chi connectivity index (χ2n) is 5.29. The summed E-state index contributed by atoms with van der Waals surface area (Å²) in [4.78, 5) is 14.1. The Kier molecular flexibility index (Phi) is 4.19. The fourth-order valence-electron chi connectivity index (χ4n) is 2.66. The lowest BCUT2D eigenvalue weighted by molar-refractivity contribution is -0.134. The third-order valence-electron chi connectivity index (χ3n) is 3.85. The second kappa shape index (κ2) is 6.26. The van der Waals surface area contributed by atoms with E-state index in [1.165, 1.54) is 7.11 Å². The van der Waals surface area contributed by atoms with Gasteiger partial charge < -0.3 is 19.1 Å². The van der Waals surface area contributed by atoms with Crippen LogP contribution < -0.4 is 9.47 Å². The maximum Gasteiger partial charge on any atom is 0.233 e. The van der Waals surface area contributed by atoms with Gasteiger partial charge in [-0.1, -0.05) is 0 Å². The Labute approximate surface area is 123 Å². The van der Waals surface area contributed by atoms with E-state index in [2.05, 4.69) is 10.2 Å². The van der Waals surface area contributed by atoms with Crippen LogP contribution in [0.4, 0.5) is 0 Å². The van der Waals surface area contributed by atoms with Crippen molar-refractivity contribution in [2.24, 2.45) is 5.92 Å². The Morgan fingerprint density at radius 3 is 2.81 bits per heavy atom. The number of likely N-dealkylation sites (tertiary alicyclic amines) is 1. The number of carbonyl (C=O) groups excluding carboxylic acids is 1. The molecule has 1 aromatic heterocycles. The molecule has 1 aromatic rings. The third-order valence-corrected chi connectivity index (χ3v) is 3.85. The lowest BCUT2D eigenvalue weighted by atomic mass is 10.1. The minimum absolute atomic E-state index is 0.0181. The minimum Gasteiger partial charge on any atom is -0.480 e. The van der Waals surface area contributed by atoms with E-state index in [9.17, 15) is 4.79 Å². The SMILES string of the molecule is COc1ccc(O[C@@H]2CCN(C(=O)[C@@H]3CCOC3)C2)nn1. The number of hydrogen-bond acceptors (Lipinski definition) is 6. The number of amides is 1. The molecule has 0 aromatic carbocycles. The summed E-state index contributed by atoms with van der Waals surface area (Å²) in [6.45, 7) is 2.56. The molecule has 114 valence electrons. The van der Waals surface area contributed by atoms with Gasteiger partial charge in [0.2, 0.25) is 17.7 Å². The van der Waals surface area contributed by atoms with Gasteiger partial charge in [-0.25, -0.2) is 0 Å². The zero-order valence-corrected chi connectivity index (χ0v) is 12.0. The first-order chi connectivity index (χ1) is 10.3. The molecule has 2 aliphatic heterocycles. The Morgan fingerprint density at radius 1 is 1.33 bits per heavy atom. The molecule has 3 heterocycles. The van der Waals surface area contributed by atoms with Gasteiger partial charge >= 0.3 is 0 Å². The zero-order chi connectivity index (χ0) is 14.7. The molecule has 7 nitrogen and oxygen atoms in total. The highest BCUT2D eigenvalue weighted by Gasteiger charge is 2.33. The summed E-state index contributed by atoms with van der Waals surface area (Å²) < 4.78 is 16.0. The largest absolute Gasteiger partial charge is 0.480 e. The first-order valence-electron chi connectivity index (χ1n) is 7.17. The van der Waals surface area contributed by atoms with Crippen molar-refractivity contribution in [3.8, 4) is 11.8 Å². The molecular weight excluding hydrogens is 274 g/mol. The van der Waals surface area contributed by atoms with E-state index < -0.39 is 0 Å². The van der Waals surface area contributed by atoms with Gasteiger partial charge in [-0.3, -0.25) is 4.79 Å². The topological polar surface area (TPSA) is 73.8 Å². The van der Waals surface area contributed by atoms with Gasteiger partial charge in [0, 0.05) is 31.7 Å². The van der Waals surface area contributed by atoms with Crippen LogP contribution in [0.1, 0.15) is 12.8 Å². The molecule has 1 amide bonds. The molecule has 0 bridgehead atoms. The van der Waals surface area contributed by atoms with Crippen LogP contribution in [-0.4, -0.2) is 60.5 Å². The third kappa shape index (κ3) is 3.24. The Balaban J connectivity index is 1.52. The number of ether oxygens (including phenoxy) is 3. The molecule has 0 aliphatic carbocycles. The molecule has 7 heteroatoms. The zero-order valence-electron chi connectivity index (χ0n) is 12.0. The van der Waals surface area contributed by atoms with Crippen LogP contribution >= 0.6 is 0 Å². The number of aromatic nitrogens is 2. The predicted molar refractivity (Wildman–Crippen MR) is 73.1 cm³/mol. The van der Waals surface area contributed by atoms with Crippen molar-refractivity contribution in [3.63, 3.8) is 0 Å². The average Bonchev–Trinajstić information content (AvgIpc) is 3.19. The summed E-state index contributed by atoms with van der Waals surface area (Å²) in [5.41, 5.74) is 0.